The van der Waals surface area contributed by atoms with Gasteiger partial charge in [0.1, 0.15) is 18.7 Å². The molecule has 1 heterocycles. The van der Waals surface area contributed by atoms with Crippen LogP contribution in [-0.4, -0.2) is 41.0 Å². The van der Waals surface area contributed by atoms with Gasteiger partial charge in [0, 0.05) is 25.3 Å². The third-order valence-corrected chi connectivity index (χ3v) is 3.25. The van der Waals surface area contributed by atoms with E-state index in [1.165, 1.54) is 6.33 Å². The van der Waals surface area contributed by atoms with Gasteiger partial charge in [0.15, 0.2) is 17.5 Å². The minimum absolute atomic E-state index is 0. The number of hydrogen-bond donors (Lipinski definition) is 2. The van der Waals surface area contributed by atoms with E-state index in [9.17, 15) is 0 Å². The monoisotopic (exact) mass is 460 g/mol. The van der Waals surface area contributed by atoms with Crippen molar-refractivity contribution >= 4 is 35.6 Å². The van der Waals surface area contributed by atoms with Crippen molar-refractivity contribution in [3.63, 3.8) is 0 Å². The molecule has 2 rings (SSSR count). The molecule has 0 unspecified atom stereocenters. The van der Waals surface area contributed by atoms with Crippen molar-refractivity contribution in [2.75, 3.05) is 25.6 Å². The Labute approximate surface area is 165 Å². The van der Waals surface area contributed by atoms with Crippen molar-refractivity contribution < 1.29 is 9.47 Å². The molecule has 0 amide bonds. The van der Waals surface area contributed by atoms with Crippen LogP contribution < -0.4 is 20.1 Å². The fourth-order valence-corrected chi connectivity index (χ4v) is 2.08. The lowest BCUT2D eigenvalue weighted by molar-refractivity contribution is 0.311. The molecule has 0 atom stereocenters. The second kappa shape index (κ2) is 10.7. The lowest BCUT2D eigenvalue weighted by atomic mass is 10.2. The molecule has 9 heteroatoms. The Morgan fingerprint density at radius 2 is 2.08 bits per heavy atom. The maximum Gasteiger partial charge on any atom is 0.196 e. The van der Waals surface area contributed by atoms with Gasteiger partial charge in [-0.2, -0.15) is 5.10 Å². The second-order valence-electron chi connectivity index (χ2n) is 4.92. The third kappa shape index (κ3) is 6.07. The molecule has 0 saturated heterocycles. The molecule has 2 N–H and O–H groups in total. The van der Waals surface area contributed by atoms with E-state index in [-0.39, 0.29) is 24.0 Å². The number of aliphatic imine (C=N–C) groups is 1. The number of anilines is 1. The molecule has 0 radical (unpaired) electrons. The molecule has 25 heavy (non-hydrogen) atoms. The van der Waals surface area contributed by atoms with Crippen molar-refractivity contribution in [3.05, 3.63) is 30.4 Å². The summed E-state index contributed by atoms with van der Waals surface area (Å²) in [6.45, 7) is 5.72. The molecule has 0 fully saturated rings. The first-order valence-corrected chi connectivity index (χ1v) is 7.87. The molecule has 1 aromatic heterocycles. The number of halogens is 1. The van der Waals surface area contributed by atoms with Gasteiger partial charge < -0.3 is 20.1 Å². The molecule has 0 saturated carbocycles. The van der Waals surface area contributed by atoms with E-state index >= 15 is 0 Å². The number of guanidine groups is 1. The molecule has 0 bridgehead atoms. The highest BCUT2D eigenvalue weighted by Crippen LogP contribution is 2.30. The predicted molar refractivity (Wildman–Crippen MR) is 109 cm³/mol. The molecule has 0 aliphatic heterocycles. The van der Waals surface area contributed by atoms with Crippen LogP contribution in [0.2, 0.25) is 0 Å². The third-order valence-electron chi connectivity index (χ3n) is 3.25. The molecular formula is C16H25IN6O2. The number of nitrogens with one attached hydrogen (secondary N) is 2. The molecular weight excluding hydrogens is 435 g/mol. The molecule has 2 aromatic rings. The van der Waals surface area contributed by atoms with Crippen LogP contribution in [-0.2, 0) is 13.6 Å². The fourth-order valence-electron chi connectivity index (χ4n) is 2.08. The van der Waals surface area contributed by atoms with Crippen LogP contribution >= 0.6 is 24.0 Å². The van der Waals surface area contributed by atoms with E-state index in [2.05, 4.69) is 25.7 Å². The maximum absolute atomic E-state index is 5.53. The van der Waals surface area contributed by atoms with E-state index in [0.717, 1.165) is 18.1 Å². The standard InChI is InChI=1S/C16H24N6O2.HI/c1-5-17-16(18-10-15-19-11-20-22(15)3)21-12-7-8-13(24-6-2)14(9-12)23-4;/h7-9,11H,5-6,10H2,1-4H3,(H2,17,18,21);1H. The highest BCUT2D eigenvalue weighted by molar-refractivity contribution is 14.0. The number of nitrogens with zero attached hydrogens (tertiary/aromatic N) is 4. The van der Waals surface area contributed by atoms with Gasteiger partial charge in [0.25, 0.3) is 0 Å². The van der Waals surface area contributed by atoms with Gasteiger partial charge in [-0.3, -0.25) is 4.68 Å². The summed E-state index contributed by atoms with van der Waals surface area (Å²) in [5.74, 6) is 2.83. The van der Waals surface area contributed by atoms with E-state index in [1.807, 2.05) is 39.1 Å². The largest absolute Gasteiger partial charge is 0.493 e. The Balaban J connectivity index is 0.00000312. The SMILES string of the molecule is CCNC(=NCc1ncnn1C)Nc1ccc(OCC)c(OC)c1.I. The first kappa shape index (κ1) is 21.0. The second-order valence-corrected chi connectivity index (χ2v) is 4.92. The minimum Gasteiger partial charge on any atom is -0.493 e. The number of aryl methyl sites for hydroxylation is 1. The van der Waals surface area contributed by atoms with Crippen molar-refractivity contribution in [3.8, 4) is 11.5 Å². The van der Waals surface area contributed by atoms with Crippen LogP contribution in [0.15, 0.2) is 29.5 Å². The topological polar surface area (TPSA) is 85.6 Å². The van der Waals surface area contributed by atoms with Crippen molar-refractivity contribution in [1.82, 2.24) is 20.1 Å². The first-order valence-electron chi connectivity index (χ1n) is 7.87. The van der Waals surface area contributed by atoms with Gasteiger partial charge in [-0.25, -0.2) is 9.98 Å². The number of rotatable bonds is 7. The average molecular weight is 460 g/mol. The number of ether oxygens (including phenoxy) is 2. The van der Waals surface area contributed by atoms with Gasteiger partial charge in [0.05, 0.1) is 13.7 Å². The Bertz CT molecular complexity index is 689. The van der Waals surface area contributed by atoms with Crippen molar-refractivity contribution in [1.29, 1.82) is 0 Å². The zero-order valence-corrected chi connectivity index (χ0v) is 17.3. The summed E-state index contributed by atoms with van der Waals surface area (Å²) in [6, 6.07) is 5.67. The summed E-state index contributed by atoms with van der Waals surface area (Å²) < 4.78 is 12.6. The summed E-state index contributed by atoms with van der Waals surface area (Å²) in [5, 5.41) is 10.5. The van der Waals surface area contributed by atoms with Gasteiger partial charge in [-0.15, -0.1) is 24.0 Å². The average Bonchev–Trinajstić information content (AvgIpc) is 2.99. The Kier molecular flexibility index (Phi) is 9.03. The smallest absolute Gasteiger partial charge is 0.196 e. The normalized spacial score (nSPS) is 10.8. The minimum atomic E-state index is 0. The van der Waals surface area contributed by atoms with E-state index in [1.54, 1.807) is 11.8 Å². The maximum atomic E-state index is 5.53. The van der Waals surface area contributed by atoms with Gasteiger partial charge in [0.2, 0.25) is 0 Å². The fraction of sp³-hybridized carbons (Fsp3) is 0.438. The predicted octanol–water partition coefficient (Wildman–Crippen LogP) is 2.42. The Morgan fingerprint density at radius 1 is 1.28 bits per heavy atom. The quantitative estimate of drug-likeness (QED) is 0.375. The summed E-state index contributed by atoms with van der Waals surface area (Å²) in [6.07, 6.45) is 1.52. The zero-order valence-electron chi connectivity index (χ0n) is 14.9. The van der Waals surface area contributed by atoms with Crippen LogP contribution in [0.25, 0.3) is 0 Å². The van der Waals surface area contributed by atoms with Gasteiger partial charge in [-0.05, 0) is 26.0 Å². The van der Waals surface area contributed by atoms with E-state index in [4.69, 9.17) is 9.47 Å². The van der Waals surface area contributed by atoms with E-state index in [0.29, 0.717) is 30.6 Å². The number of hydrogen-bond acceptors (Lipinski definition) is 5. The zero-order chi connectivity index (χ0) is 17.4. The highest BCUT2D eigenvalue weighted by atomic mass is 127. The summed E-state index contributed by atoms with van der Waals surface area (Å²) >= 11 is 0. The highest BCUT2D eigenvalue weighted by Gasteiger charge is 2.07. The molecule has 138 valence electrons. The molecule has 0 spiro atoms. The van der Waals surface area contributed by atoms with Crippen LogP contribution in [0.3, 0.4) is 0 Å². The molecule has 1 aromatic carbocycles. The number of methoxy groups -OCH3 is 1. The summed E-state index contributed by atoms with van der Waals surface area (Å²) in [5.41, 5.74) is 0.855. The van der Waals surface area contributed by atoms with Crippen LogP contribution in [0.4, 0.5) is 5.69 Å². The van der Waals surface area contributed by atoms with Crippen molar-refractivity contribution in [2.24, 2.45) is 12.0 Å². The van der Waals surface area contributed by atoms with Gasteiger partial charge >= 0.3 is 0 Å². The summed E-state index contributed by atoms with van der Waals surface area (Å²) in [4.78, 5) is 8.69. The van der Waals surface area contributed by atoms with Crippen molar-refractivity contribution in [2.45, 2.75) is 20.4 Å². The Morgan fingerprint density at radius 3 is 2.68 bits per heavy atom. The van der Waals surface area contributed by atoms with E-state index < -0.39 is 0 Å². The number of benzene rings is 1. The van der Waals surface area contributed by atoms with Crippen LogP contribution in [0, 0.1) is 0 Å². The lowest BCUT2D eigenvalue weighted by Crippen LogP contribution is -2.30. The lowest BCUT2D eigenvalue weighted by Gasteiger charge is -2.14. The Hall–Kier alpha value is -2.04. The molecule has 0 aliphatic carbocycles. The van der Waals surface area contributed by atoms with Crippen LogP contribution in [0.1, 0.15) is 19.7 Å². The molecule has 0 aliphatic rings. The number of aromatic nitrogens is 3. The summed E-state index contributed by atoms with van der Waals surface area (Å²) in [7, 11) is 3.46. The van der Waals surface area contributed by atoms with Gasteiger partial charge in [-0.1, -0.05) is 0 Å². The first-order chi connectivity index (χ1) is 11.7. The van der Waals surface area contributed by atoms with Crippen LogP contribution in [0.5, 0.6) is 11.5 Å². The molecule has 8 nitrogen and oxygen atoms in total.